The third kappa shape index (κ3) is 3.26. The number of urea groups is 1. The molecule has 0 fully saturated rings. The Morgan fingerprint density at radius 1 is 1.09 bits per heavy atom. The number of hydrogen-bond acceptors (Lipinski definition) is 2. The summed E-state index contributed by atoms with van der Waals surface area (Å²) in [7, 11) is 3.63. The van der Waals surface area contributed by atoms with E-state index in [0.717, 1.165) is 35.2 Å². The van der Waals surface area contributed by atoms with E-state index >= 15 is 0 Å². The average molecular weight is 311 g/mol. The smallest absolute Gasteiger partial charge is 0.323 e. The minimum Gasteiger partial charge on any atom is -0.398 e. The molecule has 0 saturated carbocycles. The van der Waals surface area contributed by atoms with Gasteiger partial charge in [-0.2, -0.15) is 0 Å². The highest BCUT2D eigenvalue weighted by molar-refractivity contribution is 5.85. The highest BCUT2D eigenvalue weighted by Crippen LogP contribution is 2.32. The van der Waals surface area contributed by atoms with Gasteiger partial charge in [-0.15, -0.1) is 0 Å². The van der Waals surface area contributed by atoms with Crippen molar-refractivity contribution in [1.29, 1.82) is 0 Å². The number of allylic oxidation sites excluding steroid dienone is 2. The van der Waals surface area contributed by atoms with Gasteiger partial charge in [0, 0.05) is 38.1 Å². The van der Waals surface area contributed by atoms with E-state index in [2.05, 4.69) is 18.2 Å². The molecule has 1 heterocycles. The van der Waals surface area contributed by atoms with Gasteiger partial charge < -0.3 is 15.5 Å². The molecule has 0 radical (unpaired) electrons. The molecule has 0 aromatic heterocycles. The molecule has 1 aromatic rings. The molecular weight excluding hydrogens is 286 g/mol. The molecule has 0 unspecified atom stereocenters. The summed E-state index contributed by atoms with van der Waals surface area (Å²) in [5, 5.41) is 0. The lowest BCUT2D eigenvalue weighted by Gasteiger charge is -2.30. The van der Waals surface area contributed by atoms with Crippen molar-refractivity contribution in [2.24, 2.45) is 0 Å². The molecule has 0 bridgehead atoms. The van der Waals surface area contributed by atoms with Crippen LogP contribution in [-0.4, -0.2) is 36.5 Å². The van der Waals surface area contributed by atoms with Crippen LogP contribution < -0.4 is 5.73 Å². The zero-order valence-electron chi connectivity index (χ0n) is 14.0. The maximum Gasteiger partial charge on any atom is 0.323 e. The summed E-state index contributed by atoms with van der Waals surface area (Å²) in [5.74, 6) is 0. The summed E-state index contributed by atoms with van der Waals surface area (Å²) in [4.78, 5) is 15.3. The van der Waals surface area contributed by atoms with Crippen LogP contribution in [0, 0.1) is 0 Å². The normalized spacial score (nSPS) is 19.3. The SMILES string of the molecule is CN1C=C(c2ccc(N)c(C3=CCCCCC3)c2)CN(C)C1=O. The van der Waals surface area contributed by atoms with Crippen LogP contribution in [-0.2, 0) is 0 Å². The minimum atomic E-state index is 0.0240. The third-order valence-electron chi connectivity index (χ3n) is 4.70. The van der Waals surface area contributed by atoms with Crippen LogP contribution in [0.25, 0.3) is 11.1 Å². The van der Waals surface area contributed by atoms with Crippen molar-refractivity contribution < 1.29 is 4.79 Å². The van der Waals surface area contributed by atoms with Crippen molar-refractivity contribution in [3.8, 4) is 0 Å². The van der Waals surface area contributed by atoms with Gasteiger partial charge in [-0.3, -0.25) is 0 Å². The molecule has 4 heteroatoms. The lowest BCUT2D eigenvalue weighted by Crippen LogP contribution is -2.40. The predicted octanol–water partition coefficient (Wildman–Crippen LogP) is 3.95. The molecule has 0 saturated heterocycles. The molecular formula is C19H25N3O. The Bertz CT molecular complexity index is 675. The lowest BCUT2D eigenvalue weighted by atomic mass is 9.94. The van der Waals surface area contributed by atoms with Gasteiger partial charge in [-0.1, -0.05) is 18.6 Å². The second-order valence-electron chi connectivity index (χ2n) is 6.53. The van der Waals surface area contributed by atoms with Crippen molar-refractivity contribution in [2.45, 2.75) is 32.1 Å². The first kappa shape index (κ1) is 15.7. The highest BCUT2D eigenvalue weighted by atomic mass is 16.2. The maximum absolute atomic E-state index is 11.9. The number of hydrogen-bond donors (Lipinski definition) is 1. The van der Waals surface area contributed by atoms with E-state index in [1.165, 1.54) is 24.8 Å². The van der Waals surface area contributed by atoms with Gasteiger partial charge in [-0.25, -0.2) is 4.79 Å². The number of carbonyl (C=O) groups is 1. The Labute approximate surface area is 138 Å². The summed E-state index contributed by atoms with van der Waals surface area (Å²) < 4.78 is 0. The summed E-state index contributed by atoms with van der Waals surface area (Å²) in [6.45, 7) is 0.631. The van der Waals surface area contributed by atoms with Crippen molar-refractivity contribution >= 4 is 22.9 Å². The molecule has 3 rings (SSSR count). The van der Waals surface area contributed by atoms with Gasteiger partial charge in [0.05, 0.1) is 0 Å². The zero-order valence-corrected chi connectivity index (χ0v) is 14.0. The van der Waals surface area contributed by atoms with E-state index in [-0.39, 0.29) is 6.03 Å². The van der Waals surface area contributed by atoms with Gasteiger partial charge in [-0.05, 0) is 54.5 Å². The van der Waals surface area contributed by atoms with E-state index in [1.54, 1.807) is 16.8 Å². The quantitative estimate of drug-likeness (QED) is 0.841. The fraction of sp³-hybridized carbons (Fsp3) is 0.421. The van der Waals surface area contributed by atoms with Gasteiger partial charge in [0.2, 0.25) is 0 Å². The largest absolute Gasteiger partial charge is 0.398 e. The molecule has 2 amide bonds. The number of carbonyl (C=O) groups excluding carboxylic acids is 1. The molecule has 2 aliphatic rings. The van der Waals surface area contributed by atoms with Crippen molar-refractivity contribution in [1.82, 2.24) is 9.80 Å². The third-order valence-corrected chi connectivity index (χ3v) is 4.70. The molecule has 0 atom stereocenters. The monoisotopic (exact) mass is 311 g/mol. The molecule has 0 spiro atoms. The van der Waals surface area contributed by atoms with E-state index in [4.69, 9.17) is 5.73 Å². The topological polar surface area (TPSA) is 49.6 Å². The molecule has 1 aromatic carbocycles. The first-order chi connectivity index (χ1) is 11.1. The average Bonchev–Trinajstić information content (AvgIpc) is 2.82. The summed E-state index contributed by atoms with van der Waals surface area (Å²) in [6.07, 6.45) is 10.3. The van der Waals surface area contributed by atoms with Crippen LogP contribution in [0.2, 0.25) is 0 Å². The number of nitrogens with two attached hydrogens (primary N) is 1. The van der Waals surface area contributed by atoms with E-state index in [1.807, 2.05) is 19.3 Å². The zero-order chi connectivity index (χ0) is 16.4. The van der Waals surface area contributed by atoms with Gasteiger partial charge in [0.15, 0.2) is 0 Å². The number of anilines is 1. The van der Waals surface area contributed by atoms with Gasteiger partial charge in [0.1, 0.15) is 0 Å². The Balaban J connectivity index is 1.96. The number of nitrogen functional groups attached to an aromatic ring is 1. The van der Waals surface area contributed by atoms with Gasteiger partial charge in [0.25, 0.3) is 0 Å². The first-order valence-corrected chi connectivity index (χ1v) is 8.34. The van der Waals surface area contributed by atoms with Crippen molar-refractivity contribution in [2.75, 3.05) is 26.4 Å². The predicted molar refractivity (Wildman–Crippen MR) is 95.7 cm³/mol. The second-order valence-corrected chi connectivity index (χ2v) is 6.53. The summed E-state index contributed by atoms with van der Waals surface area (Å²) in [5.41, 5.74) is 11.9. The number of amides is 2. The molecule has 122 valence electrons. The van der Waals surface area contributed by atoms with Crippen LogP contribution in [0.1, 0.15) is 43.2 Å². The first-order valence-electron chi connectivity index (χ1n) is 8.34. The Morgan fingerprint density at radius 3 is 2.70 bits per heavy atom. The highest BCUT2D eigenvalue weighted by Gasteiger charge is 2.21. The Hall–Kier alpha value is -2.23. The van der Waals surface area contributed by atoms with Crippen LogP contribution in [0.15, 0.2) is 30.5 Å². The molecule has 1 aliphatic carbocycles. The summed E-state index contributed by atoms with van der Waals surface area (Å²) >= 11 is 0. The standard InChI is InChI=1S/C19H25N3O/c1-21-12-16(13-22(2)19(21)23)15-9-10-18(20)17(11-15)14-7-5-3-4-6-8-14/h7,9-12H,3-6,8,13,20H2,1-2H3. The van der Waals surface area contributed by atoms with Crippen LogP contribution in [0.5, 0.6) is 0 Å². The molecule has 2 N–H and O–H groups in total. The number of likely N-dealkylation sites (N-methyl/N-ethyl adjacent to an activating group) is 1. The minimum absolute atomic E-state index is 0.0240. The maximum atomic E-state index is 11.9. The second kappa shape index (κ2) is 6.49. The molecule has 1 aliphatic heterocycles. The van der Waals surface area contributed by atoms with Gasteiger partial charge >= 0.3 is 6.03 Å². The molecule has 23 heavy (non-hydrogen) atoms. The Kier molecular flexibility index (Phi) is 4.42. The summed E-state index contributed by atoms with van der Waals surface area (Å²) in [6, 6.07) is 6.26. The van der Waals surface area contributed by atoms with Crippen LogP contribution in [0.4, 0.5) is 10.5 Å². The van der Waals surface area contributed by atoms with E-state index < -0.39 is 0 Å². The van der Waals surface area contributed by atoms with Crippen LogP contribution in [0.3, 0.4) is 0 Å². The fourth-order valence-electron chi connectivity index (χ4n) is 3.38. The number of nitrogens with zero attached hydrogens (tertiary/aromatic N) is 2. The van der Waals surface area contributed by atoms with E-state index in [0.29, 0.717) is 6.54 Å². The lowest BCUT2D eigenvalue weighted by molar-refractivity contribution is 0.188. The fourth-order valence-corrected chi connectivity index (χ4v) is 3.38. The molecule has 4 nitrogen and oxygen atoms in total. The number of benzene rings is 1. The van der Waals surface area contributed by atoms with Crippen LogP contribution >= 0.6 is 0 Å². The van der Waals surface area contributed by atoms with E-state index in [9.17, 15) is 4.79 Å². The Morgan fingerprint density at radius 2 is 1.91 bits per heavy atom. The van der Waals surface area contributed by atoms with Crippen molar-refractivity contribution in [3.05, 3.63) is 41.6 Å². The van der Waals surface area contributed by atoms with Crippen molar-refractivity contribution in [3.63, 3.8) is 0 Å². The number of rotatable bonds is 2.